The van der Waals surface area contributed by atoms with Crippen molar-refractivity contribution in [3.63, 3.8) is 0 Å². The fourth-order valence-electron chi connectivity index (χ4n) is 2.34. The van der Waals surface area contributed by atoms with E-state index >= 15 is 0 Å². The topological polar surface area (TPSA) is 81.7 Å². The first-order valence-corrected chi connectivity index (χ1v) is 7.30. The van der Waals surface area contributed by atoms with Crippen molar-refractivity contribution in [3.8, 4) is 0 Å². The van der Waals surface area contributed by atoms with Gasteiger partial charge in [0.25, 0.3) is 0 Å². The Hall–Kier alpha value is -1.30. The summed E-state index contributed by atoms with van der Waals surface area (Å²) in [6.07, 6.45) is 3.42. The van der Waals surface area contributed by atoms with Gasteiger partial charge in [-0.15, -0.1) is 0 Å². The molecule has 0 aliphatic carbocycles. The lowest BCUT2D eigenvalue weighted by atomic mass is 9.87. The van der Waals surface area contributed by atoms with Crippen LogP contribution >= 0.6 is 0 Å². The van der Waals surface area contributed by atoms with Crippen molar-refractivity contribution in [2.75, 3.05) is 26.2 Å². The molecule has 6 nitrogen and oxygen atoms in total. The van der Waals surface area contributed by atoms with E-state index in [4.69, 9.17) is 5.11 Å². The minimum Gasteiger partial charge on any atom is -0.480 e. The van der Waals surface area contributed by atoms with Crippen LogP contribution in [-0.4, -0.2) is 54.2 Å². The normalized spacial score (nSPS) is 17.8. The lowest BCUT2D eigenvalue weighted by molar-refractivity contribution is -0.141. The van der Waals surface area contributed by atoms with Crippen molar-refractivity contribution < 1.29 is 14.7 Å². The van der Waals surface area contributed by atoms with Gasteiger partial charge in [0.1, 0.15) is 6.04 Å². The van der Waals surface area contributed by atoms with Gasteiger partial charge in [-0.25, -0.2) is 9.59 Å². The van der Waals surface area contributed by atoms with E-state index in [1.807, 2.05) is 0 Å². The number of likely N-dealkylation sites (tertiary alicyclic amines) is 1. The summed E-state index contributed by atoms with van der Waals surface area (Å²) in [6.45, 7) is 9.23. The highest BCUT2D eigenvalue weighted by molar-refractivity contribution is 5.83. The minimum atomic E-state index is -1.01. The number of carbonyl (C=O) groups excluding carboxylic acids is 1. The number of nitrogens with zero attached hydrogens (tertiary/aromatic N) is 1. The Bertz CT molecular complexity index is 333. The second-order valence-corrected chi connectivity index (χ2v) is 6.44. The molecule has 1 aliphatic rings. The van der Waals surface area contributed by atoms with E-state index in [1.54, 1.807) is 20.8 Å². The molecule has 1 fully saturated rings. The summed E-state index contributed by atoms with van der Waals surface area (Å²) in [4.78, 5) is 25.2. The van der Waals surface area contributed by atoms with Crippen LogP contribution in [0.5, 0.6) is 0 Å². The van der Waals surface area contributed by atoms with Gasteiger partial charge >= 0.3 is 12.0 Å². The third kappa shape index (κ3) is 5.77. The van der Waals surface area contributed by atoms with Gasteiger partial charge in [-0.3, -0.25) is 0 Å². The van der Waals surface area contributed by atoms with E-state index in [0.29, 0.717) is 6.54 Å². The van der Waals surface area contributed by atoms with Gasteiger partial charge in [-0.1, -0.05) is 20.8 Å². The molecule has 116 valence electrons. The number of aliphatic carboxylic acids is 1. The first kappa shape index (κ1) is 16.8. The molecule has 0 unspecified atom stereocenters. The van der Waals surface area contributed by atoms with Gasteiger partial charge in [-0.2, -0.15) is 0 Å². The Kier molecular flexibility index (Phi) is 6.26. The summed E-state index contributed by atoms with van der Waals surface area (Å²) < 4.78 is 0. The zero-order valence-corrected chi connectivity index (χ0v) is 12.7. The molecule has 0 aromatic heterocycles. The molecule has 0 spiro atoms. The Labute approximate surface area is 120 Å². The van der Waals surface area contributed by atoms with Gasteiger partial charge in [0.2, 0.25) is 0 Å². The molecular weight excluding hydrogens is 258 g/mol. The summed E-state index contributed by atoms with van der Waals surface area (Å²) in [6, 6.07) is -1.30. The lowest BCUT2D eigenvalue weighted by Gasteiger charge is -2.27. The molecule has 1 atom stereocenters. The number of amides is 2. The van der Waals surface area contributed by atoms with Crippen molar-refractivity contribution in [1.82, 2.24) is 15.5 Å². The first-order chi connectivity index (χ1) is 9.30. The Morgan fingerprint density at radius 1 is 1.25 bits per heavy atom. The molecule has 1 saturated heterocycles. The van der Waals surface area contributed by atoms with E-state index in [9.17, 15) is 9.59 Å². The number of nitrogens with one attached hydrogen (secondary N) is 2. The SMILES string of the molecule is CC(C)(C)[C@@H](NC(=O)NCCCN1CCCC1)C(=O)O. The largest absolute Gasteiger partial charge is 0.480 e. The Morgan fingerprint density at radius 2 is 1.85 bits per heavy atom. The molecule has 1 aliphatic heterocycles. The number of carboxylic acid groups (broad SMARTS) is 1. The molecule has 1 heterocycles. The first-order valence-electron chi connectivity index (χ1n) is 7.30. The van der Waals surface area contributed by atoms with Crippen molar-refractivity contribution in [3.05, 3.63) is 0 Å². The highest BCUT2D eigenvalue weighted by Gasteiger charge is 2.32. The van der Waals surface area contributed by atoms with Gasteiger partial charge in [0, 0.05) is 6.54 Å². The number of carbonyl (C=O) groups is 2. The molecule has 20 heavy (non-hydrogen) atoms. The molecule has 6 heteroatoms. The molecule has 0 radical (unpaired) electrons. The van der Waals surface area contributed by atoms with Crippen molar-refractivity contribution in [1.29, 1.82) is 0 Å². The third-order valence-electron chi connectivity index (χ3n) is 3.52. The minimum absolute atomic E-state index is 0.409. The van der Waals surface area contributed by atoms with Crippen LogP contribution in [-0.2, 0) is 4.79 Å². The van der Waals surface area contributed by atoms with Crippen LogP contribution in [0.3, 0.4) is 0 Å². The summed E-state index contributed by atoms with van der Waals surface area (Å²) in [7, 11) is 0. The molecule has 0 saturated carbocycles. The van der Waals surface area contributed by atoms with Crippen LogP contribution in [0.25, 0.3) is 0 Å². The molecule has 3 N–H and O–H groups in total. The van der Waals surface area contributed by atoms with Gasteiger partial charge in [0.05, 0.1) is 0 Å². The zero-order chi connectivity index (χ0) is 15.2. The van der Waals surface area contributed by atoms with Gasteiger partial charge in [0.15, 0.2) is 0 Å². The van der Waals surface area contributed by atoms with Crippen LogP contribution in [0.1, 0.15) is 40.0 Å². The maximum absolute atomic E-state index is 11.7. The number of hydrogen-bond acceptors (Lipinski definition) is 3. The monoisotopic (exact) mass is 285 g/mol. The molecule has 2 amide bonds. The molecule has 0 aromatic rings. The molecular formula is C14H27N3O3. The van der Waals surface area contributed by atoms with Crippen LogP contribution in [0.4, 0.5) is 4.79 Å². The second-order valence-electron chi connectivity index (χ2n) is 6.44. The van der Waals surface area contributed by atoms with Crippen molar-refractivity contribution in [2.24, 2.45) is 5.41 Å². The average molecular weight is 285 g/mol. The molecule has 0 bridgehead atoms. The van der Waals surface area contributed by atoms with E-state index in [-0.39, 0.29) is 0 Å². The van der Waals surface area contributed by atoms with Crippen molar-refractivity contribution in [2.45, 2.75) is 46.1 Å². The quantitative estimate of drug-likeness (QED) is 0.642. The summed E-state index contributed by atoms with van der Waals surface area (Å²) in [5, 5.41) is 14.4. The summed E-state index contributed by atoms with van der Waals surface area (Å²) >= 11 is 0. The van der Waals surface area contributed by atoms with Crippen LogP contribution in [0.15, 0.2) is 0 Å². The number of rotatable bonds is 6. The second kappa shape index (κ2) is 7.47. The van der Waals surface area contributed by atoms with E-state index in [2.05, 4.69) is 15.5 Å². The van der Waals surface area contributed by atoms with Gasteiger partial charge in [-0.05, 0) is 44.3 Å². The van der Waals surface area contributed by atoms with Crippen molar-refractivity contribution >= 4 is 12.0 Å². The highest BCUT2D eigenvalue weighted by atomic mass is 16.4. The predicted molar refractivity (Wildman–Crippen MR) is 77.7 cm³/mol. The molecule has 1 rings (SSSR count). The Balaban J connectivity index is 2.22. The van der Waals surface area contributed by atoms with Crippen LogP contribution < -0.4 is 10.6 Å². The standard InChI is InChI=1S/C14H27N3O3/c1-14(2,3)11(12(18)19)16-13(20)15-7-6-10-17-8-4-5-9-17/h11H,4-10H2,1-3H3,(H,18,19)(H2,15,16,20)/t11-/m0/s1. The zero-order valence-electron chi connectivity index (χ0n) is 12.7. The third-order valence-corrected chi connectivity index (χ3v) is 3.52. The maximum atomic E-state index is 11.7. The van der Waals surface area contributed by atoms with E-state index in [0.717, 1.165) is 26.1 Å². The van der Waals surface area contributed by atoms with Crippen LogP contribution in [0.2, 0.25) is 0 Å². The van der Waals surface area contributed by atoms with Gasteiger partial charge < -0.3 is 20.6 Å². The van der Waals surface area contributed by atoms with E-state index < -0.39 is 23.5 Å². The summed E-state index contributed by atoms with van der Waals surface area (Å²) in [5.41, 5.74) is -0.515. The van der Waals surface area contributed by atoms with E-state index in [1.165, 1.54) is 12.8 Å². The maximum Gasteiger partial charge on any atom is 0.326 e. The van der Waals surface area contributed by atoms with Crippen LogP contribution in [0, 0.1) is 5.41 Å². The number of carboxylic acids is 1. The highest BCUT2D eigenvalue weighted by Crippen LogP contribution is 2.19. The Morgan fingerprint density at radius 3 is 2.35 bits per heavy atom. The average Bonchev–Trinajstić information content (AvgIpc) is 2.83. The predicted octanol–water partition coefficient (Wildman–Crippen LogP) is 1.27. The summed E-state index contributed by atoms with van der Waals surface area (Å²) in [5.74, 6) is -1.01. The number of urea groups is 1. The number of hydrogen-bond donors (Lipinski definition) is 3. The fourth-order valence-corrected chi connectivity index (χ4v) is 2.34. The fraction of sp³-hybridized carbons (Fsp3) is 0.857. The molecule has 0 aromatic carbocycles. The smallest absolute Gasteiger partial charge is 0.326 e. The lowest BCUT2D eigenvalue weighted by Crippen LogP contribution is -2.52.